The van der Waals surface area contributed by atoms with Gasteiger partial charge in [0, 0.05) is 97.7 Å². The summed E-state index contributed by atoms with van der Waals surface area (Å²) in [5, 5.41) is 25.1. The molecule has 0 unspecified atom stereocenters. The summed E-state index contributed by atoms with van der Waals surface area (Å²) in [6, 6.07) is 39.9. The maximum Gasteiger partial charge on any atom is 0.253 e. The molecular formula is C77H94Cl2N17O7P3. The van der Waals surface area contributed by atoms with Crippen molar-refractivity contribution in [1.29, 1.82) is 0 Å². The molecule has 6 aromatic carbocycles. The number of carbonyl (C=O) groups is 1. The Morgan fingerprint density at radius 1 is 0.509 bits per heavy atom. The molecule has 13 rings (SSSR count). The number of anilines is 14. The van der Waals surface area contributed by atoms with Crippen LogP contribution in [0.2, 0.25) is 10.0 Å². The van der Waals surface area contributed by atoms with Gasteiger partial charge < -0.3 is 84.7 Å². The number of fused-ring (bicyclic) bond motifs is 1. The molecule has 7 N–H and O–H groups in total. The summed E-state index contributed by atoms with van der Waals surface area (Å²) in [4.78, 5) is 49.2. The van der Waals surface area contributed by atoms with Gasteiger partial charge in [-0.3, -0.25) is 4.79 Å². The lowest BCUT2D eigenvalue weighted by Crippen LogP contribution is -2.43. The number of hydrogen-bond donors (Lipinski definition) is 7. The second-order valence-electron chi connectivity index (χ2n) is 27.5. The minimum atomic E-state index is -2.50. The van der Waals surface area contributed by atoms with E-state index in [1.165, 1.54) is 45.1 Å². The third kappa shape index (κ3) is 20.1. The summed E-state index contributed by atoms with van der Waals surface area (Å²) in [6.45, 7) is 20.5. The first-order valence-corrected chi connectivity index (χ1v) is 43.8. The van der Waals surface area contributed by atoms with E-state index in [-0.39, 0.29) is 5.91 Å². The Balaban J connectivity index is 0.000000159. The Labute approximate surface area is 631 Å². The highest BCUT2D eigenvalue weighted by Crippen LogP contribution is 2.43. The summed E-state index contributed by atoms with van der Waals surface area (Å²) in [7, 11) is 1.23. The van der Waals surface area contributed by atoms with Gasteiger partial charge in [0.05, 0.1) is 79.1 Å². The van der Waals surface area contributed by atoms with Crippen LogP contribution in [0.15, 0.2) is 146 Å². The molecule has 0 saturated carbocycles. The van der Waals surface area contributed by atoms with Gasteiger partial charge in [0.2, 0.25) is 17.8 Å². The van der Waals surface area contributed by atoms with Gasteiger partial charge in [-0.25, -0.2) is 15.0 Å². The van der Waals surface area contributed by atoms with Crippen molar-refractivity contribution in [2.24, 2.45) is 5.92 Å². The zero-order valence-electron chi connectivity index (χ0n) is 61.8. The van der Waals surface area contributed by atoms with Gasteiger partial charge in [0.25, 0.3) is 5.91 Å². The van der Waals surface area contributed by atoms with Crippen molar-refractivity contribution < 1.29 is 32.7 Å². The fraction of sp³-hybridized carbons (Fsp3) is 0.338. The van der Waals surface area contributed by atoms with E-state index in [2.05, 4.69) is 112 Å². The van der Waals surface area contributed by atoms with Crippen LogP contribution >= 0.6 is 44.6 Å². The van der Waals surface area contributed by atoms with Crippen LogP contribution < -0.4 is 77.1 Å². The number of allylic oxidation sites excluding steroid dienone is 1. The zero-order chi connectivity index (χ0) is 75.3. The summed E-state index contributed by atoms with van der Waals surface area (Å²) in [5.41, 5.74) is 8.81. The topological polar surface area (TPSA) is 270 Å². The van der Waals surface area contributed by atoms with Crippen molar-refractivity contribution in [2.75, 3.05) is 176 Å². The van der Waals surface area contributed by atoms with E-state index < -0.39 is 21.4 Å². The monoisotopic (exact) mass is 1530 g/mol. The number of nitrogens with zero attached hydrogens (tertiary/aromatic N) is 10. The minimum absolute atomic E-state index is 0.188. The first-order valence-electron chi connectivity index (χ1n) is 35.2. The normalized spacial score (nSPS) is 14.7. The van der Waals surface area contributed by atoms with Gasteiger partial charge in [-0.1, -0.05) is 71.8 Å². The molecule has 3 fully saturated rings. The van der Waals surface area contributed by atoms with Crippen LogP contribution in [-0.4, -0.2) is 180 Å². The van der Waals surface area contributed by atoms with Gasteiger partial charge in [-0.2, -0.15) is 15.0 Å². The van der Waals surface area contributed by atoms with Gasteiger partial charge in [0.15, 0.2) is 11.6 Å². The third-order valence-corrected chi connectivity index (χ3v) is 23.9. The number of methoxy groups -OCH3 is 3. The zero-order valence-corrected chi connectivity index (χ0v) is 66.0. The molecule has 3 saturated heterocycles. The molecule has 3 aromatic heterocycles. The van der Waals surface area contributed by atoms with Crippen LogP contribution in [0.25, 0.3) is 6.08 Å². The molecule has 0 radical (unpaired) electrons. The van der Waals surface area contributed by atoms with Gasteiger partial charge in [0.1, 0.15) is 54.5 Å². The summed E-state index contributed by atoms with van der Waals surface area (Å²) < 4.78 is 54.9. The van der Waals surface area contributed by atoms with E-state index >= 15 is 0 Å². The molecule has 0 bridgehead atoms. The molecule has 29 heteroatoms. The van der Waals surface area contributed by atoms with Crippen molar-refractivity contribution >= 4 is 153 Å². The number of carbonyl (C=O) groups excluding carboxylic acids is 1. The van der Waals surface area contributed by atoms with Crippen LogP contribution in [0.4, 0.5) is 80.8 Å². The molecule has 0 spiro atoms. The van der Waals surface area contributed by atoms with E-state index in [0.29, 0.717) is 91.6 Å². The van der Waals surface area contributed by atoms with Crippen LogP contribution in [0.5, 0.6) is 17.2 Å². The van der Waals surface area contributed by atoms with Gasteiger partial charge >= 0.3 is 0 Å². The number of halogens is 2. The maximum atomic E-state index is 12.8. The molecule has 0 atom stereocenters. The lowest BCUT2D eigenvalue weighted by Gasteiger charge is -2.39. The number of nitrogens with one attached hydrogen (secondary N) is 7. The number of rotatable bonds is 23. The third-order valence-electron chi connectivity index (χ3n) is 18.7. The van der Waals surface area contributed by atoms with Gasteiger partial charge in [-0.05, 0) is 177 Å². The standard InChI is InChI=1S/C28H36ClN6O2P.C25H32ClN6O2P.C24H26N5O3P/c1-37-25-17-21(35-15-11-20(12-16-35)19-34-13-6-14-34)9-10-23(25)32-28-30-18-22(29)27(33-28)31-24-7-4-5-8-26(24)38(2,3)36;1-31-12-7-13-32(15-14-31)18-10-11-20(22(16-18)34-2)29-25-27-17-19(26)24(30-25)28-21-8-5-6-9-23(21)35(3,4)33;1-25-23(30)17-8-5-6-10-19(17)26-22-16-9-7-11-18(16)27-24(29-22)28-20-13-12-15(33(3,4)31)14-21(20)32-2/h4-5,7-10,17-18,20H,6,11-16,19H2,1-3H3,(H2,30,31,32,33);5-6,8-11,16-17H,7,12-15H2,1-4H3,(H2,27,28,29,30);5-10,12-14H,11H2,1-4H3,(H,25,30)(H2,26,27,28,29). The summed E-state index contributed by atoms with van der Waals surface area (Å²) >= 11 is 12.8. The predicted octanol–water partition coefficient (Wildman–Crippen LogP) is 15.0. The van der Waals surface area contributed by atoms with Crippen LogP contribution in [0.1, 0.15) is 47.3 Å². The highest BCUT2D eigenvalue weighted by molar-refractivity contribution is 7.71. The number of ether oxygens (including phenoxy) is 3. The highest BCUT2D eigenvalue weighted by atomic mass is 35.5. The quantitative estimate of drug-likeness (QED) is 0.0293. The fourth-order valence-corrected chi connectivity index (χ4v) is 16.2. The first kappa shape index (κ1) is 77.8. The summed E-state index contributed by atoms with van der Waals surface area (Å²) in [5.74, 6) is 5.18. The number of aromatic nitrogens is 6. The van der Waals surface area contributed by atoms with E-state index in [4.69, 9.17) is 37.4 Å². The van der Waals surface area contributed by atoms with E-state index in [1.807, 2.05) is 109 Å². The van der Waals surface area contributed by atoms with E-state index in [9.17, 15) is 18.5 Å². The van der Waals surface area contributed by atoms with Crippen molar-refractivity contribution in [3.63, 3.8) is 0 Å². The molecule has 6 heterocycles. The number of amides is 1. The molecule has 9 aromatic rings. The second kappa shape index (κ2) is 35.0. The molecule has 3 aliphatic heterocycles. The molecule has 106 heavy (non-hydrogen) atoms. The number of benzene rings is 6. The molecule has 1 aliphatic carbocycles. The van der Waals surface area contributed by atoms with Crippen molar-refractivity contribution in [3.8, 4) is 17.2 Å². The fourth-order valence-electron chi connectivity index (χ4n) is 12.8. The Morgan fingerprint density at radius 3 is 1.51 bits per heavy atom. The van der Waals surface area contributed by atoms with E-state index in [1.54, 1.807) is 86.7 Å². The largest absolute Gasteiger partial charge is 0.495 e. The van der Waals surface area contributed by atoms with Crippen molar-refractivity contribution in [3.05, 3.63) is 173 Å². The number of piperidine rings is 1. The molecular weight excluding hydrogens is 1440 g/mol. The van der Waals surface area contributed by atoms with Crippen molar-refractivity contribution in [1.82, 2.24) is 45.0 Å². The number of para-hydroxylation sites is 3. The lowest BCUT2D eigenvalue weighted by molar-refractivity contribution is 0.0963. The Hall–Kier alpha value is -9.24. The number of likely N-dealkylation sites (N-methyl/N-ethyl adjacent to an activating group) is 1. The Kier molecular flexibility index (Phi) is 25.7. The average molecular weight is 1530 g/mol. The van der Waals surface area contributed by atoms with Crippen molar-refractivity contribution in [2.45, 2.75) is 32.1 Å². The van der Waals surface area contributed by atoms with Crippen LogP contribution in [0.3, 0.4) is 0 Å². The van der Waals surface area contributed by atoms with E-state index in [0.717, 1.165) is 107 Å². The predicted molar refractivity (Wildman–Crippen MR) is 438 cm³/mol. The molecule has 1 amide bonds. The maximum absolute atomic E-state index is 12.8. The molecule has 558 valence electrons. The minimum Gasteiger partial charge on any atom is -0.495 e. The van der Waals surface area contributed by atoms with Gasteiger partial charge in [-0.15, -0.1) is 0 Å². The Morgan fingerprint density at radius 2 is 0.991 bits per heavy atom. The lowest BCUT2D eigenvalue weighted by atomic mass is 9.94. The molecule has 4 aliphatic rings. The van der Waals surface area contributed by atoms with Crippen LogP contribution in [0, 0.1) is 5.92 Å². The number of hydrogen-bond acceptors (Lipinski definition) is 23. The Bertz CT molecular complexity index is 4800. The molecule has 24 nitrogen and oxygen atoms in total. The summed E-state index contributed by atoms with van der Waals surface area (Å²) in [6.07, 6.45) is 12.7. The second-order valence-corrected chi connectivity index (χ2v) is 37.9. The smallest absolute Gasteiger partial charge is 0.253 e. The SMILES string of the molecule is CNC(=O)c1ccccc1Nc1nc(Nc2ccc(P(C)(C)=O)cc2OC)nc2c1C=CC2.COc1cc(N2CCC(CN3CCC3)CC2)ccc1Nc1ncc(Cl)c(Nc2ccccc2P(C)(C)=O)n1.COc1cc(N2CCCN(C)CC2)ccc1Nc1ncc(Cl)c(Nc2ccccc2P(C)(C)=O)n1. The highest BCUT2D eigenvalue weighted by Gasteiger charge is 2.27. The van der Waals surface area contributed by atoms with Crippen LogP contribution in [-0.2, 0) is 20.1 Å². The average Bonchev–Trinajstić information content (AvgIpc) is 1.33. The first-order chi connectivity index (χ1) is 50.8. The number of likely N-dealkylation sites (tertiary alicyclic amines) is 1.